The predicted octanol–water partition coefficient (Wildman–Crippen LogP) is 1.95. The van der Waals surface area contributed by atoms with E-state index >= 15 is 0 Å². The summed E-state index contributed by atoms with van der Waals surface area (Å²) in [5.74, 6) is 0. The van der Waals surface area contributed by atoms with Gasteiger partial charge >= 0.3 is 0 Å². The smallest absolute Gasteiger partial charge is 0.243 e. The van der Waals surface area contributed by atoms with Crippen molar-refractivity contribution in [2.24, 2.45) is 5.73 Å². The summed E-state index contributed by atoms with van der Waals surface area (Å²) < 4.78 is 27.3. The molecule has 2 aromatic rings. The largest absolute Gasteiger partial charge is 0.329 e. The second-order valence-electron chi connectivity index (χ2n) is 5.11. The molecule has 0 bridgehead atoms. The standard InChI is InChI=1S/C15H18N2O2S/c16-10-11-17(13-8-9-13)20(18,19)15-7-3-5-12-4-1-2-6-14(12)15/h1-7,13H,8-11,16H2. The van der Waals surface area contributed by atoms with Crippen LogP contribution in [-0.4, -0.2) is 31.9 Å². The number of hydrogen-bond donors (Lipinski definition) is 1. The van der Waals surface area contributed by atoms with Crippen molar-refractivity contribution in [1.29, 1.82) is 0 Å². The number of benzene rings is 2. The van der Waals surface area contributed by atoms with Crippen LogP contribution in [0.2, 0.25) is 0 Å². The van der Waals surface area contributed by atoms with Crippen molar-refractivity contribution in [2.45, 2.75) is 23.8 Å². The summed E-state index contributed by atoms with van der Waals surface area (Å²) in [7, 11) is -3.47. The first-order valence-corrected chi connectivity index (χ1v) is 8.28. The SMILES string of the molecule is NCCN(C1CC1)S(=O)(=O)c1cccc2ccccc12. The van der Waals surface area contributed by atoms with Crippen molar-refractivity contribution < 1.29 is 8.42 Å². The molecule has 1 saturated carbocycles. The lowest BCUT2D eigenvalue weighted by atomic mass is 10.1. The molecule has 0 heterocycles. The Bertz CT molecular complexity index is 718. The Labute approximate surface area is 119 Å². The fourth-order valence-electron chi connectivity index (χ4n) is 2.54. The molecule has 0 radical (unpaired) electrons. The molecule has 5 heteroatoms. The second-order valence-corrected chi connectivity index (χ2v) is 6.97. The molecule has 1 fully saturated rings. The minimum atomic E-state index is -3.47. The number of fused-ring (bicyclic) bond motifs is 1. The number of sulfonamides is 1. The van der Waals surface area contributed by atoms with E-state index in [1.54, 1.807) is 16.4 Å². The molecule has 1 aliphatic rings. The molecule has 4 nitrogen and oxygen atoms in total. The van der Waals surface area contributed by atoms with Crippen molar-refractivity contribution in [3.63, 3.8) is 0 Å². The summed E-state index contributed by atoms with van der Waals surface area (Å²) in [5, 5.41) is 1.72. The Morgan fingerprint density at radius 3 is 2.50 bits per heavy atom. The predicted molar refractivity (Wildman–Crippen MR) is 79.9 cm³/mol. The molecule has 0 saturated heterocycles. The van der Waals surface area contributed by atoms with Crippen molar-refractivity contribution >= 4 is 20.8 Å². The number of nitrogens with two attached hydrogens (primary N) is 1. The minimum absolute atomic E-state index is 0.127. The van der Waals surface area contributed by atoms with Crippen LogP contribution in [0.15, 0.2) is 47.4 Å². The summed E-state index contributed by atoms with van der Waals surface area (Å²) in [6, 6.07) is 13.1. The van der Waals surface area contributed by atoms with Crippen molar-refractivity contribution in [3.8, 4) is 0 Å². The lowest BCUT2D eigenvalue weighted by Crippen LogP contribution is -2.37. The molecule has 2 N–H and O–H groups in total. The first kappa shape index (κ1) is 13.5. The van der Waals surface area contributed by atoms with Gasteiger partial charge < -0.3 is 5.73 Å². The molecule has 3 rings (SSSR count). The van der Waals surface area contributed by atoms with E-state index in [-0.39, 0.29) is 6.04 Å². The van der Waals surface area contributed by atoms with Gasteiger partial charge in [-0.05, 0) is 24.3 Å². The number of hydrogen-bond acceptors (Lipinski definition) is 3. The summed E-state index contributed by atoms with van der Waals surface area (Å²) in [6.07, 6.45) is 1.87. The van der Waals surface area contributed by atoms with Gasteiger partial charge in [-0.3, -0.25) is 0 Å². The van der Waals surface area contributed by atoms with Gasteiger partial charge in [0.15, 0.2) is 0 Å². The lowest BCUT2D eigenvalue weighted by molar-refractivity contribution is 0.412. The average molecular weight is 290 g/mol. The molecule has 1 aliphatic carbocycles. The molecule has 0 aromatic heterocycles. The topological polar surface area (TPSA) is 63.4 Å². The summed E-state index contributed by atoms with van der Waals surface area (Å²) in [5.41, 5.74) is 5.58. The maximum Gasteiger partial charge on any atom is 0.243 e. The molecular weight excluding hydrogens is 272 g/mol. The van der Waals surface area contributed by atoms with E-state index in [2.05, 4.69) is 0 Å². The summed E-state index contributed by atoms with van der Waals surface area (Å²) in [6.45, 7) is 0.733. The maximum absolute atomic E-state index is 12.9. The highest BCUT2D eigenvalue weighted by molar-refractivity contribution is 7.89. The van der Waals surface area contributed by atoms with Crippen LogP contribution in [0.1, 0.15) is 12.8 Å². The Balaban J connectivity index is 2.13. The highest BCUT2D eigenvalue weighted by atomic mass is 32.2. The van der Waals surface area contributed by atoms with Crippen molar-refractivity contribution in [3.05, 3.63) is 42.5 Å². The summed E-state index contributed by atoms with van der Waals surface area (Å²) >= 11 is 0. The normalized spacial score (nSPS) is 15.9. The van der Waals surface area contributed by atoms with Gasteiger partial charge in [-0.2, -0.15) is 4.31 Å². The van der Waals surface area contributed by atoms with E-state index in [4.69, 9.17) is 5.73 Å². The molecule has 0 unspecified atom stereocenters. The molecule has 2 aromatic carbocycles. The molecule has 20 heavy (non-hydrogen) atoms. The van der Waals surface area contributed by atoms with Gasteiger partial charge in [-0.15, -0.1) is 0 Å². The first-order valence-electron chi connectivity index (χ1n) is 6.84. The zero-order valence-corrected chi connectivity index (χ0v) is 12.0. The van der Waals surface area contributed by atoms with Gasteiger partial charge in [-0.1, -0.05) is 36.4 Å². The fraction of sp³-hybridized carbons (Fsp3) is 0.333. The third kappa shape index (κ3) is 2.32. The third-order valence-corrected chi connectivity index (χ3v) is 5.65. The van der Waals surface area contributed by atoms with Crippen LogP contribution >= 0.6 is 0 Å². The van der Waals surface area contributed by atoms with Crippen LogP contribution in [0.4, 0.5) is 0 Å². The third-order valence-electron chi connectivity index (χ3n) is 3.64. The molecular formula is C15H18N2O2S. The van der Waals surface area contributed by atoms with Gasteiger partial charge in [0, 0.05) is 24.5 Å². The first-order chi connectivity index (χ1) is 9.64. The zero-order chi connectivity index (χ0) is 14.2. The van der Waals surface area contributed by atoms with Crippen LogP contribution in [0.3, 0.4) is 0 Å². The van der Waals surface area contributed by atoms with E-state index in [1.165, 1.54) is 0 Å². The van der Waals surface area contributed by atoms with Crippen LogP contribution in [0.25, 0.3) is 10.8 Å². The molecule has 106 valence electrons. The van der Waals surface area contributed by atoms with Gasteiger partial charge in [-0.25, -0.2) is 8.42 Å². The highest BCUT2D eigenvalue weighted by Gasteiger charge is 2.37. The maximum atomic E-state index is 12.9. The highest BCUT2D eigenvalue weighted by Crippen LogP contribution is 2.33. The van der Waals surface area contributed by atoms with Gasteiger partial charge in [0.05, 0.1) is 4.90 Å². The second kappa shape index (κ2) is 5.16. The van der Waals surface area contributed by atoms with Crippen LogP contribution in [-0.2, 0) is 10.0 Å². The van der Waals surface area contributed by atoms with Crippen LogP contribution < -0.4 is 5.73 Å². The molecule has 0 aliphatic heterocycles. The monoisotopic (exact) mass is 290 g/mol. The Morgan fingerprint density at radius 1 is 1.10 bits per heavy atom. The van der Waals surface area contributed by atoms with E-state index in [0.717, 1.165) is 23.6 Å². The number of rotatable bonds is 5. The van der Waals surface area contributed by atoms with Gasteiger partial charge in [0.25, 0.3) is 0 Å². The van der Waals surface area contributed by atoms with E-state index in [0.29, 0.717) is 18.0 Å². The Hall–Kier alpha value is -1.43. The minimum Gasteiger partial charge on any atom is -0.329 e. The lowest BCUT2D eigenvalue weighted by Gasteiger charge is -2.22. The molecule has 0 amide bonds. The summed E-state index contributed by atoms with van der Waals surface area (Å²) in [4.78, 5) is 0.385. The zero-order valence-electron chi connectivity index (χ0n) is 11.2. The van der Waals surface area contributed by atoms with Gasteiger partial charge in [0.1, 0.15) is 0 Å². The number of nitrogens with zero attached hydrogens (tertiary/aromatic N) is 1. The quantitative estimate of drug-likeness (QED) is 0.915. The Kier molecular flexibility index (Phi) is 3.50. The van der Waals surface area contributed by atoms with E-state index in [1.807, 2.05) is 30.3 Å². The fourth-order valence-corrected chi connectivity index (χ4v) is 4.45. The van der Waals surface area contributed by atoms with E-state index in [9.17, 15) is 8.42 Å². The average Bonchev–Trinajstić information content (AvgIpc) is 3.28. The molecule has 0 spiro atoms. The van der Waals surface area contributed by atoms with Crippen molar-refractivity contribution in [2.75, 3.05) is 13.1 Å². The molecule has 0 atom stereocenters. The van der Waals surface area contributed by atoms with E-state index < -0.39 is 10.0 Å². The Morgan fingerprint density at radius 2 is 1.80 bits per heavy atom. The van der Waals surface area contributed by atoms with Crippen LogP contribution in [0, 0.1) is 0 Å². The van der Waals surface area contributed by atoms with Crippen LogP contribution in [0.5, 0.6) is 0 Å². The van der Waals surface area contributed by atoms with Gasteiger partial charge in [0.2, 0.25) is 10.0 Å². The van der Waals surface area contributed by atoms with Crippen molar-refractivity contribution in [1.82, 2.24) is 4.31 Å².